The Balaban J connectivity index is 2.24. The first-order chi connectivity index (χ1) is 9.63. The Bertz CT molecular complexity index is 637. The molecule has 0 bridgehead atoms. The summed E-state index contributed by atoms with van der Waals surface area (Å²) in [5.41, 5.74) is 2.60. The van der Waals surface area contributed by atoms with E-state index in [0.29, 0.717) is 17.3 Å². The fourth-order valence-electron chi connectivity index (χ4n) is 1.77. The molecule has 0 spiro atoms. The van der Waals surface area contributed by atoms with Crippen molar-refractivity contribution in [3.05, 3.63) is 46.4 Å². The van der Waals surface area contributed by atoms with Crippen LogP contribution in [0.5, 0.6) is 0 Å². The maximum Gasteiger partial charge on any atom is 0.311 e. The second kappa shape index (κ2) is 6.68. The largest absolute Gasteiger partial charge is 0.466 e. The molecule has 0 amide bonds. The van der Waals surface area contributed by atoms with Crippen molar-refractivity contribution in [2.24, 2.45) is 0 Å². The summed E-state index contributed by atoms with van der Waals surface area (Å²) in [5, 5.41) is 3.37. The van der Waals surface area contributed by atoms with E-state index in [1.165, 1.54) is 11.3 Å². The van der Waals surface area contributed by atoms with Crippen LogP contribution in [0.25, 0.3) is 16.6 Å². The normalized spacial score (nSPS) is 10.3. The summed E-state index contributed by atoms with van der Waals surface area (Å²) < 4.78 is 4.91. The number of carbonyl (C=O) groups is 1. The Morgan fingerprint density at radius 2 is 2.35 bits per heavy atom. The molecule has 1 aromatic carbocycles. The summed E-state index contributed by atoms with van der Waals surface area (Å²) >= 11 is 7.45. The minimum atomic E-state index is -0.260. The van der Waals surface area contributed by atoms with Crippen LogP contribution in [-0.2, 0) is 16.0 Å². The van der Waals surface area contributed by atoms with Crippen molar-refractivity contribution in [1.29, 1.82) is 0 Å². The van der Waals surface area contributed by atoms with Crippen LogP contribution in [0.1, 0.15) is 18.2 Å². The molecule has 3 nitrogen and oxygen atoms in total. The van der Waals surface area contributed by atoms with Gasteiger partial charge < -0.3 is 4.74 Å². The van der Waals surface area contributed by atoms with Crippen molar-refractivity contribution in [3.8, 4) is 10.6 Å². The quantitative estimate of drug-likeness (QED) is 0.777. The van der Waals surface area contributed by atoms with Crippen LogP contribution in [0.3, 0.4) is 0 Å². The van der Waals surface area contributed by atoms with E-state index in [4.69, 9.17) is 16.3 Å². The van der Waals surface area contributed by atoms with Gasteiger partial charge in [-0.3, -0.25) is 4.79 Å². The van der Waals surface area contributed by atoms with Gasteiger partial charge in [-0.2, -0.15) is 0 Å². The summed E-state index contributed by atoms with van der Waals surface area (Å²) in [7, 11) is 0. The number of rotatable bonds is 5. The lowest BCUT2D eigenvalue weighted by atomic mass is 10.1. The highest BCUT2D eigenvalue weighted by molar-refractivity contribution is 7.13. The van der Waals surface area contributed by atoms with Gasteiger partial charge in [0.15, 0.2) is 0 Å². The number of hydrogen-bond donors (Lipinski definition) is 0. The van der Waals surface area contributed by atoms with Gasteiger partial charge >= 0.3 is 5.97 Å². The number of hydrogen-bond acceptors (Lipinski definition) is 4. The van der Waals surface area contributed by atoms with E-state index in [0.717, 1.165) is 16.1 Å². The predicted octanol–water partition coefficient (Wildman–Crippen LogP) is 4.21. The van der Waals surface area contributed by atoms with E-state index in [1.54, 1.807) is 13.0 Å². The average Bonchev–Trinajstić information content (AvgIpc) is 2.87. The number of thiazole rings is 1. The number of esters is 1. The maximum absolute atomic E-state index is 11.4. The monoisotopic (exact) mass is 307 g/mol. The minimum Gasteiger partial charge on any atom is -0.466 e. The number of halogens is 1. The first-order valence-electron chi connectivity index (χ1n) is 6.16. The van der Waals surface area contributed by atoms with E-state index >= 15 is 0 Å². The van der Waals surface area contributed by atoms with Crippen molar-refractivity contribution >= 4 is 35.0 Å². The molecule has 0 saturated heterocycles. The predicted molar refractivity (Wildman–Crippen MR) is 83.0 cm³/mol. The van der Waals surface area contributed by atoms with Crippen molar-refractivity contribution in [2.45, 2.75) is 13.3 Å². The summed E-state index contributed by atoms with van der Waals surface area (Å²) in [6, 6.07) is 5.57. The molecule has 0 saturated carbocycles. The smallest absolute Gasteiger partial charge is 0.311 e. The lowest BCUT2D eigenvalue weighted by Gasteiger charge is -2.03. The number of carbonyl (C=O) groups excluding carboxylic acids is 1. The zero-order valence-electron chi connectivity index (χ0n) is 11.1. The zero-order valence-corrected chi connectivity index (χ0v) is 12.6. The van der Waals surface area contributed by atoms with Crippen molar-refractivity contribution in [3.63, 3.8) is 0 Å². The molecule has 5 heteroatoms. The Hall–Kier alpha value is -1.65. The molecule has 2 rings (SSSR count). The molecule has 1 heterocycles. The van der Waals surface area contributed by atoms with E-state index in [2.05, 4.69) is 11.6 Å². The van der Waals surface area contributed by atoms with Gasteiger partial charge in [0, 0.05) is 16.0 Å². The van der Waals surface area contributed by atoms with Gasteiger partial charge in [0.25, 0.3) is 0 Å². The number of nitrogens with zero attached hydrogens (tertiary/aromatic N) is 1. The van der Waals surface area contributed by atoms with Crippen LogP contribution in [0.15, 0.2) is 30.2 Å². The third-order valence-electron chi connectivity index (χ3n) is 2.65. The van der Waals surface area contributed by atoms with Crippen molar-refractivity contribution in [2.75, 3.05) is 6.61 Å². The highest BCUT2D eigenvalue weighted by Gasteiger charge is 2.11. The summed E-state index contributed by atoms with van der Waals surface area (Å²) in [6.45, 7) is 5.95. The lowest BCUT2D eigenvalue weighted by molar-refractivity contribution is -0.142. The minimum absolute atomic E-state index is 0.196. The third kappa shape index (κ3) is 3.46. The second-order valence-electron chi connectivity index (χ2n) is 4.06. The Morgan fingerprint density at radius 3 is 3.05 bits per heavy atom. The van der Waals surface area contributed by atoms with Crippen LogP contribution in [0, 0.1) is 0 Å². The van der Waals surface area contributed by atoms with E-state index < -0.39 is 0 Å². The highest BCUT2D eigenvalue weighted by Crippen LogP contribution is 2.30. The molecular weight excluding hydrogens is 294 g/mol. The molecule has 20 heavy (non-hydrogen) atoms. The number of ether oxygens (including phenoxy) is 1. The molecule has 0 N–H and O–H groups in total. The van der Waals surface area contributed by atoms with Crippen LogP contribution in [0.2, 0.25) is 5.02 Å². The molecular formula is C15H14ClNO2S. The Morgan fingerprint density at radius 1 is 1.55 bits per heavy atom. The SMILES string of the molecule is C=Cc1cc(Cl)ccc1-c1nc(CC(=O)OCC)cs1. The summed E-state index contributed by atoms with van der Waals surface area (Å²) in [6.07, 6.45) is 1.94. The lowest BCUT2D eigenvalue weighted by Crippen LogP contribution is -2.07. The van der Waals surface area contributed by atoms with Gasteiger partial charge in [0.1, 0.15) is 5.01 Å². The highest BCUT2D eigenvalue weighted by atomic mass is 35.5. The Kier molecular flexibility index (Phi) is 4.93. The average molecular weight is 308 g/mol. The van der Waals surface area contributed by atoms with Gasteiger partial charge in [-0.05, 0) is 30.7 Å². The molecule has 0 aliphatic rings. The maximum atomic E-state index is 11.4. The molecule has 0 unspecified atom stereocenters. The van der Waals surface area contributed by atoms with Crippen molar-refractivity contribution in [1.82, 2.24) is 4.98 Å². The summed E-state index contributed by atoms with van der Waals surface area (Å²) in [4.78, 5) is 15.9. The number of aromatic nitrogens is 1. The molecule has 0 radical (unpaired) electrons. The standard InChI is InChI=1S/C15H14ClNO2S/c1-3-10-7-11(16)5-6-13(10)15-17-12(9-20-15)8-14(18)19-4-2/h3,5-7,9H,1,4,8H2,2H3. The molecule has 1 aromatic heterocycles. The first kappa shape index (κ1) is 14.8. The van der Waals surface area contributed by atoms with E-state index in [9.17, 15) is 4.79 Å². The second-order valence-corrected chi connectivity index (χ2v) is 5.36. The zero-order chi connectivity index (χ0) is 14.5. The van der Waals surface area contributed by atoms with Crippen LogP contribution >= 0.6 is 22.9 Å². The van der Waals surface area contributed by atoms with Crippen LogP contribution in [-0.4, -0.2) is 17.6 Å². The molecule has 0 aliphatic heterocycles. The van der Waals surface area contributed by atoms with Crippen molar-refractivity contribution < 1.29 is 9.53 Å². The van der Waals surface area contributed by atoms with Gasteiger partial charge in [0.05, 0.1) is 18.7 Å². The van der Waals surface area contributed by atoms with Gasteiger partial charge in [0.2, 0.25) is 0 Å². The Labute approximate surface area is 126 Å². The van der Waals surface area contributed by atoms with E-state index in [-0.39, 0.29) is 12.4 Å². The van der Waals surface area contributed by atoms with Crippen LogP contribution in [0.4, 0.5) is 0 Å². The van der Waals surface area contributed by atoms with Gasteiger partial charge in [-0.1, -0.05) is 24.3 Å². The molecule has 2 aromatic rings. The fraction of sp³-hybridized carbons (Fsp3) is 0.200. The summed E-state index contributed by atoms with van der Waals surface area (Å²) in [5.74, 6) is -0.260. The van der Waals surface area contributed by atoms with Gasteiger partial charge in [-0.15, -0.1) is 11.3 Å². The number of benzene rings is 1. The molecule has 0 fully saturated rings. The van der Waals surface area contributed by atoms with Crippen LogP contribution < -0.4 is 0 Å². The van der Waals surface area contributed by atoms with E-state index in [1.807, 2.05) is 23.6 Å². The molecule has 104 valence electrons. The first-order valence-corrected chi connectivity index (χ1v) is 7.42. The molecule has 0 aliphatic carbocycles. The third-order valence-corrected chi connectivity index (χ3v) is 3.81. The molecule has 0 atom stereocenters. The topological polar surface area (TPSA) is 39.2 Å². The fourth-order valence-corrected chi connectivity index (χ4v) is 2.82. The van der Waals surface area contributed by atoms with Gasteiger partial charge in [-0.25, -0.2) is 4.98 Å².